The maximum Gasteiger partial charge on any atom is 0.260 e. The second-order valence-corrected chi connectivity index (χ2v) is 4.38. The van der Waals surface area contributed by atoms with Gasteiger partial charge in [-0.05, 0) is 25.1 Å². The van der Waals surface area contributed by atoms with Crippen molar-refractivity contribution in [2.75, 3.05) is 11.9 Å². The first-order valence-electron chi connectivity index (χ1n) is 5.83. The van der Waals surface area contributed by atoms with E-state index in [1.807, 2.05) is 0 Å². The standard InChI is InChI=1S/C14H12ClN3O2/c1-9-12(8-17-20-9)14(19)18-13-7-11(15)5-4-10(13)3-2-6-16/h4-5,7-8H,6,16H2,1H3,(H,18,19). The number of benzene rings is 1. The number of aromatic nitrogens is 1. The van der Waals surface area contributed by atoms with Gasteiger partial charge in [-0.3, -0.25) is 4.79 Å². The molecule has 0 aliphatic carbocycles. The molecule has 3 N–H and O–H groups in total. The normalized spacial score (nSPS) is 9.75. The van der Waals surface area contributed by atoms with Crippen molar-refractivity contribution < 1.29 is 9.32 Å². The van der Waals surface area contributed by atoms with Crippen molar-refractivity contribution in [1.82, 2.24) is 5.16 Å². The number of carbonyl (C=O) groups excluding carboxylic acids is 1. The molecule has 20 heavy (non-hydrogen) atoms. The summed E-state index contributed by atoms with van der Waals surface area (Å²) in [6.07, 6.45) is 1.36. The third-order valence-corrected chi connectivity index (χ3v) is 2.79. The molecule has 1 heterocycles. The number of amides is 1. The van der Waals surface area contributed by atoms with Crippen LogP contribution in [0.25, 0.3) is 0 Å². The minimum atomic E-state index is -0.332. The average molecular weight is 290 g/mol. The Kier molecular flexibility index (Phi) is 4.41. The fourth-order valence-electron chi connectivity index (χ4n) is 1.58. The van der Waals surface area contributed by atoms with Crippen molar-refractivity contribution in [2.45, 2.75) is 6.92 Å². The molecule has 0 fully saturated rings. The molecule has 1 amide bonds. The van der Waals surface area contributed by atoms with Gasteiger partial charge in [-0.2, -0.15) is 0 Å². The number of nitrogens with zero attached hydrogens (tertiary/aromatic N) is 1. The molecule has 102 valence electrons. The molecule has 0 bridgehead atoms. The molecule has 0 saturated carbocycles. The third-order valence-electron chi connectivity index (χ3n) is 2.55. The minimum Gasteiger partial charge on any atom is -0.361 e. The lowest BCUT2D eigenvalue weighted by Gasteiger charge is -2.07. The zero-order valence-electron chi connectivity index (χ0n) is 10.7. The van der Waals surface area contributed by atoms with Crippen molar-refractivity contribution in [1.29, 1.82) is 0 Å². The van der Waals surface area contributed by atoms with E-state index < -0.39 is 0 Å². The predicted octanol–water partition coefficient (Wildman–Crippen LogP) is 2.20. The molecule has 2 rings (SSSR count). The van der Waals surface area contributed by atoms with Crippen LogP contribution < -0.4 is 11.1 Å². The summed E-state index contributed by atoms with van der Waals surface area (Å²) in [6.45, 7) is 1.90. The van der Waals surface area contributed by atoms with Crippen molar-refractivity contribution in [2.24, 2.45) is 5.73 Å². The molecule has 1 aromatic carbocycles. The van der Waals surface area contributed by atoms with Crippen LogP contribution >= 0.6 is 11.6 Å². The Labute approximate surface area is 121 Å². The van der Waals surface area contributed by atoms with Gasteiger partial charge in [0.05, 0.1) is 18.4 Å². The van der Waals surface area contributed by atoms with Crippen LogP contribution in [0.5, 0.6) is 0 Å². The summed E-state index contributed by atoms with van der Waals surface area (Å²) in [7, 11) is 0. The highest BCUT2D eigenvalue weighted by molar-refractivity contribution is 6.31. The first-order chi connectivity index (χ1) is 9.61. The smallest absolute Gasteiger partial charge is 0.260 e. The zero-order valence-corrected chi connectivity index (χ0v) is 11.5. The monoisotopic (exact) mass is 289 g/mol. The highest BCUT2D eigenvalue weighted by atomic mass is 35.5. The highest BCUT2D eigenvalue weighted by Crippen LogP contribution is 2.21. The van der Waals surface area contributed by atoms with Gasteiger partial charge in [0.25, 0.3) is 5.91 Å². The van der Waals surface area contributed by atoms with Crippen LogP contribution in [-0.4, -0.2) is 17.6 Å². The second-order valence-electron chi connectivity index (χ2n) is 3.95. The molecule has 0 aliphatic rings. The number of halogens is 1. The number of hydrogen-bond donors (Lipinski definition) is 2. The molecule has 0 radical (unpaired) electrons. The van der Waals surface area contributed by atoms with E-state index in [1.54, 1.807) is 25.1 Å². The SMILES string of the molecule is Cc1oncc1C(=O)Nc1cc(Cl)ccc1C#CCN. The maximum atomic E-state index is 12.1. The molecule has 0 atom stereocenters. The van der Waals surface area contributed by atoms with E-state index in [0.29, 0.717) is 27.6 Å². The second kappa shape index (κ2) is 6.24. The first kappa shape index (κ1) is 14.1. The van der Waals surface area contributed by atoms with E-state index in [-0.39, 0.29) is 12.5 Å². The van der Waals surface area contributed by atoms with Crippen molar-refractivity contribution in [3.63, 3.8) is 0 Å². The van der Waals surface area contributed by atoms with Crippen molar-refractivity contribution >= 4 is 23.2 Å². The largest absolute Gasteiger partial charge is 0.361 e. The number of anilines is 1. The average Bonchev–Trinajstić information content (AvgIpc) is 2.84. The Morgan fingerprint density at radius 2 is 2.35 bits per heavy atom. The fraction of sp³-hybridized carbons (Fsp3) is 0.143. The first-order valence-corrected chi connectivity index (χ1v) is 6.20. The number of nitrogens with two attached hydrogens (primary N) is 1. The number of nitrogens with one attached hydrogen (secondary N) is 1. The van der Waals surface area contributed by atoms with E-state index in [2.05, 4.69) is 22.3 Å². The van der Waals surface area contributed by atoms with E-state index in [1.165, 1.54) is 6.20 Å². The van der Waals surface area contributed by atoms with E-state index >= 15 is 0 Å². The van der Waals surface area contributed by atoms with Crippen LogP contribution in [0.4, 0.5) is 5.69 Å². The topological polar surface area (TPSA) is 81.2 Å². The van der Waals surface area contributed by atoms with E-state index in [0.717, 1.165) is 0 Å². The van der Waals surface area contributed by atoms with Crippen LogP contribution in [0.15, 0.2) is 28.9 Å². The summed E-state index contributed by atoms with van der Waals surface area (Å²) < 4.78 is 4.86. The summed E-state index contributed by atoms with van der Waals surface area (Å²) in [5.74, 6) is 5.73. The number of rotatable bonds is 2. The van der Waals surface area contributed by atoms with Gasteiger partial charge < -0.3 is 15.6 Å². The molecule has 0 spiro atoms. The number of carbonyl (C=O) groups is 1. The van der Waals surface area contributed by atoms with Gasteiger partial charge in [0.2, 0.25) is 0 Å². The quantitative estimate of drug-likeness (QED) is 0.831. The molecule has 0 unspecified atom stereocenters. The predicted molar refractivity (Wildman–Crippen MR) is 76.6 cm³/mol. The van der Waals surface area contributed by atoms with Gasteiger partial charge >= 0.3 is 0 Å². The Morgan fingerprint density at radius 1 is 1.55 bits per heavy atom. The van der Waals surface area contributed by atoms with Gasteiger partial charge in [0.1, 0.15) is 11.3 Å². The molecule has 2 aromatic rings. The van der Waals surface area contributed by atoms with E-state index in [4.69, 9.17) is 21.9 Å². The summed E-state index contributed by atoms with van der Waals surface area (Å²) in [4.78, 5) is 12.1. The van der Waals surface area contributed by atoms with Crippen molar-refractivity contribution in [3.8, 4) is 11.8 Å². The molecule has 5 nitrogen and oxygen atoms in total. The van der Waals surface area contributed by atoms with Gasteiger partial charge in [-0.25, -0.2) is 0 Å². The lowest BCUT2D eigenvalue weighted by Crippen LogP contribution is -2.13. The van der Waals surface area contributed by atoms with Crippen LogP contribution in [0, 0.1) is 18.8 Å². The van der Waals surface area contributed by atoms with Crippen LogP contribution in [0.2, 0.25) is 5.02 Å². The molecule has 1 aromatic heterocycles. The Morgan fingerprint density at radius 3 is 3.00 bits per heavy atom. The zero-order chi connectivity index (χ0) is 14.5. The van der Waals surface area contributed by atoms with E-state index in [9.17, 15) is 4.79 Å². The summed E-state index contributed by atoms with van der Waals surface area (Å²) in [5.41, 5.74) is 6.87. The molecular weight excluding hydrogens is 278 g/mol. The Hall–Kier alpha value is -2.29. The molecule has 0 saturated heterocycles. The summed E-state index contributed by atoms with van der Waals surface area (Å²) in [5, 5.41) is 6.80. The van der Waals surface area contributed by atoms with Gasteiger partial charge in [0, 0.05) is 10.6 Å². The molecule has 0 aliphatic heterocycles. The Bertz CT molecular complexity index is 698. The number of aryl methyl sites for hydroxylation is 1. The van der Waals surface area contributed by atoms with Crippen LogP contribution in [0.3, 0.4) is 0 Å². The highest BCUT2D eigenvalue weighted by Gasteiger charge is 2.14. The van der Waals surface area contributed by atoms with Crippen LogP contribution in [0.1, 0.15) is 21.7 Å². The summed E-state index contributed by atoms with van der Waals surface area (Å²) in [6, 6.07) is 5.05. The summed E-state index contributed by atoms with van der Waals surface area (Å²) >= 11 is 5.94. The molecular formula is C14H12ClN3O2. The number of hydrogen-bond acceptors (Lipinski definition) is 4. The van der Waals surface area contributed by atoms with Crippen LogP contribution in [-0.2, 0) is 0 Å². The lowest BCUT2D eigenvalue weighted by atomic mass is 10.1. The van der Waals surface area contributed by atoms with Gasteiger partial charge in [0.15, 0.2) is 0 Å². The van der Waals surface area contributed by atoms with Gasteiger partial charge in [-0.1, -0.05) is 28.6 Å². The Balaban J connectivity index is 2.31. The fourth-order valence-corrected chi connectivity index (χ4v) is 1.75. The lowest BCUT2D eigenvalue weighted by molar-refractivity contribution is 0.102. The van der Waals surface area contributed by atoms with Crippen molar-refractivity contribution in [3.05, 3.63) is 46.3 Å². The van der Waals surface area contributed by atoms with Gasteiger partial charge in [-0.15, -0.1) is 0 Å². The minimum absolute atomic E-state index is 0.237. The third kappa shape index (κ3) is 3.18. The molecule has 6 heteroatoms. The maximum absolute atomic E-state index is 12.1.